The van der Waals surface area contributed by atoms with Gasteiger partial charge < -0.3 is 10.5 Å². The fraction of sp³-hybridized carbons (Fsp3) is 0.250. The summed E-state index contributed by atoms with van der Waals surface area (Å²) >= 11 is 6.13. The van der Waals surface area contributed by atoms with Gasteiger partial charge in [-0.2, -0.15) is 0 Å². The molecule has 2 rings (SSSR count). The summed E-state index contributed by atoms with van der Waals surface area (Å²) in [5.74, 6) is 0.689. The van der Waals surface area contributed by atoms with Gasteiger partial charge in [-0.1, -0.05) is 11.6 Å². The summed E-state index contributed by atoms with van der Waals surface area (Å²) in [6.07, 6.45) is 1.76. The lowest BCUT2D eigenvalue weighted by atomic mass is 10.1. The highest BCUT2D eigenvalue weighted by Gasteiger charge is 2.10. The maximum Gasteiger partial charge on any atom is 0.146 e. The van der Waals surface area contributed by atoms with E-state index in [-0.39, 0.29) is 0 Å². The van der Waals surface area contributed by atoms with E-state index in [1.54, 1.807) is 19.4 Å². The van der Waals surface area contributed by atoms with Crippen LogP contribution in [0.15, 0.2) is 18.3 Å². The largest absolute Gasteiger partial charge is 0.494 e. The van der Waals surface area contributed by atoms with Gasteiger partial charge in [0, 0.05) is 29.2 Å². The molecule has 1 aromatic heterocycles. The van der Waals surface area contributed by atoms with Crippen LogP contribution in [0.5, 0.6) is 5.75 Å². The van der Waals surface area contributed by atoms with E-state index in [0.29, 0.717) is 17.3 Å². The second-order valence-corrected chi connectivity index (χ2v) is 4.04. The second kappa shape index (κ2) is 4.28. The molecular weight excluding hydrogens is 224 g/mol. The number of aromatic nitrogens is 1. The summed E-state index contributed by atoms with van der Waals surface area (Å²) in [4.78, 5) is 4.36. The number of nitrogens with zero attached hydrogens (tertiary/aromatic N) is 1. The molecule has 0 unspecified atom stereocenters. The molecule has 0 radical (unpaired) electrons. The third kappa shape index (κ3) is 1.72. The zero-order chi connectivity index (χ0) is 11.7. The van der Waals surface area contributed by atoms with Gasteiger partial charge in [0.25, 0.3) is 0 Å². The van der Waals surface area contributed by atoms with Crippen LogP contribution in [0.3, 0.4) is 0 Å². The van der Waals surface area contributed by atoms with E-state index in [1.165, 1.54) is 0 Å². The molecule has 0 saturated heterocycles. The molecule has 1 aromatic carbocycles. The van der Waals surface area contributed by atoms with Crippen molar-refractivity contribution in [2.45, 2.75) is 13.5 Å². The lowest BCUT2D eigenvalue weighted by Crippen LogP contribution is -1.98. The zero-order valence-electron chi connectivity index (χ0n) is 9.25. The van der Waals surface area contributed by atoms with Crippen LogP contribution in [0.2, 0.25) is 5.02 Å². The Morgan fingerprint density at radius 2 is 2.19 bits per heavy atom. The van der Waals surface area contributed by atoms with Crippen LogP contribution in [0, 0.1) is 6.92 Å². The topological polar surface area (TPSA) is 48.1 Å². The first-order valence-corrected chi connectivity index (χ1v) is 5.37. The molecule has 3 nitrogen and oxygen atoms in total. The van der Waals surface area contributed by atoms with Crippen LogP contribution in [0.1, 0.15) is 11.1 Å². The highest BCUT2D eigenvalue weighted by molar-refractivity contribution is 6.32. The Bertz CT molecular complexity index is 540. The molecule has 0 atom stereocenters. The van der Waals surface area contributed by atoms with E-state index in [1.807, 2.05) is 13.0 Å². The number of halogens is 1. The molecule has 2 N–H and O–H groups in total. The third-order valence-electron chi connectivity index (χ3n) is 2.65. The van der Waals surface area contributed by atoms with Gasteiger partial charge in [0.05, 0.1) is 7.11 Å². The molecular formula is C12H13ClN2O. The zero-order valence-corrected chi connectivity index (χ0v) is 10.0. The van der Waals surface area contributed by atoms with Crippen molar-refractivity contribution >= 4 is 22.5 Å². The minimum Gasteiger partial charge on any atom is -0.494 e. The predicted octanol–water partition coefficient (Wildman–Crippen LogP) is 2.66. The Kier molecular flexibility index (Phi) is 2.99. The Morgan fingerprint density at radius 3 is 2.81 bits per heavy atom. The van der Waals surface area contributed by atoms with Crippen molar-refractivity contribution in [3.05, 3.63) is 34.5 Å². The molecule has 0 spiro atoms. The van der Waals surface area contributed by atoms with Crippen LogP contribution in [-0.2, 0) is 6.54 Å². The van der Waals surface area contributed by atoms with Gasteiger partial charge >= 0.3 is 0 Å². The quantitative estimate of drug-likeness (QED) is 0.872. The maximum atomic E-state index is 6.13. The number of rotatable bonds is 2. The first kappa shape index (κ1) is 11.2. The highest BCUT2D eigenvalue weighted by atomic mass is 35.5. The average Bonchev–Trinajstić information content (AvgIpc) is 2.33. The first-order valence-electron chi connectivity index (χ1n) is 4.99. The SMILES string of the molecule is COc1cc(Cl)c(C)c2cc(CN)cnc12. The first-order chi connectivity index (χ1) is 7.67. The van der Waals surface area contributed by atoms with Crippen molar-refractivity contribution in [1.82, 2.24) is 4.98 Å². The van der Waals surface area contributed by atoms with Crippen molar-refractivity contribution < 1.29 is 4.74 Å². The van der Waals surface area contributed by atoms with Gasteiger partial charge in [-0.3, -0.25) is 4.98 Å². The van der Waals surface area contributed by atoms with Crippen LogP contribution < -0.4 is 10.5 Å². The van der Waals surface area contributed by atoms with Crippen LogP contribution in [-0.4, -0.2) is 12.1 Å². The number of pyridine rings is 1. The number of hydrogen-bond donors (Lipinski definition) is 1. The lowest BCUT2D eigenvalue weighted by molar-refractivity contribution is 0.419. The van der Waals surface area contributed by atoms with Crippen molar-refractivity contribution in [3.63, 3.8) is 0 Å². The molecule has 0 bridgehead atoms. The molecule has 1 heterocycles. The number of ether oxygens (including phenoxy) is 1. The average molecular weight is 237 g/mol. The number of benzene rings is 1. The fourth-order valence-electron chi connectivity index (χ4n) is 1.68. The minimum absolute atomic E-state index is 0.469. The van der Waals surface area contributed by atoms with Crippen molar-refractivity contribution in [2.24, 2.45) is 5.73 Å². The molecule has 16 heavy (non-hydrogen) atoms. The van der Waals surface area contributed by atoms with E-state index >= 15 is 0 Å². The molecule has 2 aromatic rings. The third-order valence-corrected chi connectivity index (χ3v) is 3.05. The summed E-state index contributed by atoms with van der Waals surface area (Å²) in [5, 5.41) is 1.67. The molecule has 0 aliphatic heterocycles. The standard InChI is InChI=1S/C12H13ClN2O/c1-7-9-3-8(5-14)6-15-12(9)11(16-2)4-10(7)13/h3-4,6H,5,14H2,1-2H3. The van der Waals surface area contributed by atoms with E-state index in [9.17, 15) is 0 Å². The lowest BCUT2D eigenvalue weighted by Gasteiger charge is -2.10. The summed E-state index contributed by atoms with van der Waals surface area (Å²) in [5.41, 5.74) is 8.40. The molecule has 0 aliphatic carbocycles. The summed E-state index contributed by atoms with van der Waals surface area (Å²) in [6.45, 7) is 2.43. The number of nitrogens with two attached hydrogens (primary N) is 1. The predicted molar refractivity (Wildman–Crippen MR) is 65.9 cm³/mol. The molecule has 4 heteroatoms. The molecule has 0 fully saturated rings. The number of hydrogen-bond acceptors (Lipinski definition) is 3. The number of aryl methyl sites for hydroxylation is 1. The Hall–Kier alpha value is -1.32. The van der Waals surface area contributed by atoms with Crippen molar-refractivity contribution in [2.75, 3.05) is 7.11 Å². The smallest absolute Gasteiger partial charge is 0.146 e. The van der Waals surface area contributed by atoms with E-state index < -0.39 is 0 Å². The van der Waals surface area contributed by atoms with Crippen LogP contribution >= 0.6 is 11.6 Å². The summed E-state index contributed by atoms with van der Waals surface area (Å²) < 4.78 is 5.26. The van der Waals surface area contributed by atoms with Gasteiger partial charge in [0.2, 0.25) is 0 Å². The molecule has 84 valence electrons. The Morgan fingerprint density at radius 1 is 1.44 bits per heavy atom. The molecule has 0 saturated carbocycles. The highest BCUT2D eigenvalue weighted by Crippen LogP contribution is 2.32. The summed E-state index contributed by atoms with van der Waals surface area (Å²) in [7, 11) is 1.61. The normalized spacial score (nSPS) is 10.8. The van der Waals surface area contributed by atoms with E-state index in [2.05, 4.69) is 4.98 Å². The fourth-order valence-corrected chi connectivity index (χ4v) is 1.88. The number of methoxy groups -OCH3 is 1. The monoisotopic (exact) mass is 236 g/mol. The van der Waals surface area contributed by atoms with Crippen LogP contribution in [0.25, 0.3) is 10.9 Å². The van der Waals surface area contributed by atoms with Gasteiger partial charge in [-0.15, -0.1) is 0 Å². The second-order valence-electron chi connectivity index (χ2n) is 3.63. The van der Waals surface area contributed by atoms with E-state index in [4.69, 9.17) is 22.1 Å². The van der Waals surface area contributed by atoms with Gasteiger partial charge in [-0.25, -0.2) is 0 Å². The number of fused-ring (bicyclic) bond motifs is 1. The molecule has 0 amide bonds. The van der Waals surface area contributed by atoms with Crippen molar-refractivity contribution in [3.8, 4) is 5.75 Å². The van der Waals surface area contributed by atoms with Gasteiger partial charge in [-0.05, 0) is 24.1 Å². The van der Waals surface area contributed by atoms with E-state index in [0.717, 1.165) is 22.0 Å². The summed E-state index contributed by atoms with van der Waals surface area (Å²) in [6, 6.07) is 3.79. The van der Waals surface area contributed by atoms with Crippen molar-refractivity contribution in [1.29, 1.82) is 0 Å². The van der Waals surface area contributed by atoms with Gasteiger partial charge in [0.15, 0.2) is 0 Å². The van der Waals surface area contributed by atoms with Gasteiger partial charge in [0.1, 0.15) is 11.3 Å². The Labute approximate surface area is 99.2 Å². The van der Waals surface area contributed by atoms with Crippen LogP contribution in [0.4, 0.5) is 0 Å². The minimum atomic E-state index is 0.469. The Balaban J connectivity index is 2.82. The maximum absolute atomic E-state index is 6.13. The molecule has 0 aliphatic rings.